The van der Waals surface area contributed by atoms with Crippen LogP contribution >= 0.6 is 0 Å². The molecule has 0 saturated heterocycles. The van der Waals surface area contributed by atoms with Crippen LogP contribution in [0.25, 0.3) is 0 Å². The summed E-state index contributed by atoms with van der Waals surface area (Å²) in [6, 6.07) is 11.4. The van der Waals surface area contributed by atoms with E-state index in [0.717, 1.165) is 19.3 Å². The lowest BCUT2D eigenvalue weighted by molar-refractivity contribution is -0.121. The van der Waals surface area contributed by atoms with Gasteiger partial charge in [0.1, 0.15) is 0 Å². The van der Waals surface area contributed by atoms with E-state index in [9.17, 15) is 9.59 Å². The summed E-state index contributed by atoms with van der Waals surface area (Å²) in [6.45, 7) is -0.0573. The quantitative estimate of drug-likeness (QED) is 0.909. The van der Waals surface area contributed by atoms with Crippen molar-refractivity contribution in [1.29, 1.82) is 0 Å². The molecule has 1 aromatic heterocycles. The number of aryl methyl sites for hydroxylation is 1. The van der Waals surface area contributed by atoms with E-state index in [4.69, 9.17) is 4.42 Å². The van der Waals surface area contributed by atoms with E-state index in [-0.39, 0.29) is 30.2 Å². The third-order valence-corrected chi connectivity index (χ3v) is 3.86. The normalized spacial score (nSPS) is 16.6. The molecule has 1 aliphatic carbocycles. The van der Waals surface area contributed by atoms with Gasteiger partial charge in [-0.1, -0.05) is 24.3 Å². The van der Waals surface area contributed by atoms with Crippen molar-refractivity contribution in [3.05, 3.63) is 59.5 Å². The number of fused-ring (bicyclic) bond motifs is 1. The molecule has 5 nitrogen and oxygen atoms in total. The minimum Gasteiger partial charge on any atom is -0.459 e. The Hall–Kier alpha value is -2.56. The van der Waals surface area contributed by atoms with Crippen LogP contribution in [0.3, 0.4) is 0 Å². The first-order chi connectivity index (χ1) is 10.7. The summed E-state index contributed by atoms with van der Waals surface area (Å²) in [5.41, 5.74) is 2.47. The maximum atomic E-state index is 12.0. The molecular weight excluding hydrogens is 280 g/mol. The predicted molar refractivity (Wildman–Crippen MR) is 81.3 cm³/mol. The van der Waals surface area contributed by atoms with Crippen molar-refractivity contribution in [1.82, 2.24) is 10.6 Å². The van der Waals surface area contributed by atoms with Crippen LogP contribution in [-0.2, 0) is 11.2 Å². The molecule has 0 radical (unpaired) electrons. The van der Waals surface area contributed by atoms with Crippen molar-refractivity contribution in [2.45, 2.75) is 25.3 Å². The number of carbonyl (C=O) groups excluding carboxylic acids is 2. The number of rotatable bonds is 4. The summed E-state index contributed by atoms with van der Waals surface area (Å²) >= 11 is 0. The molecule has 1 aromatic carbocycles. The second kappa shape index (κ2) is 6.47. The average Bonchev–Trinajstić information content (AvgIpc) is 3.07. The summed E-state index contributed by atoms with van der Waals surface area (Å²) in [5, 5.41) is 5.55. The van der Waals surface area contributed by atoms with E-state index < -0.39 is 0 Å². The SMILES string of the molecule is O=C(CNC(=O)c1ccco1)N[C@@H]1CCCc2ccccc21. The van der Waals surface area contributed by atoms with Crippen molar-refractivity contribution in [2.24, 2.45) is 0 Å². The number of hydrogen-bond acceptors (Lipinski definition) is 3. The first kappa shape index (κ1) is 14.4. The lowest BCUT2D eigenvalue weighted by atomic mass is 9.88. The topological polar surface area (TPSA) is 71.3 Å². The van der Waals surface area contributed by atoms with Gasteiger partial charge in [0, 0.05) is 0 Å². The fourth-order valence-electron chi connectivity index (χ4n) is 2.80. The van der Waals surface area contributed by atoms with E-state index in [1.54, 1.807) is 12.1 Å². The second-order valence-electron chi connectivity index (χ2n) is 5.37. The van der Waals surface area contributed by atoms with Crippen LogP contribution in [0, 0.1) is 0 Å². The number of furan rings is 1. The molecular formula is C17H18N2O3. The minimum atomic E-state index is -0.385. The van der Waals surface area contributed by atoms with E-state index in [0.29, 0.717) is 0 Å². The highest BCUT2D eigenvalue weighted by molar-refractivity contribution is 5.94. The van der Waals surface area contributed by atoms with Crippen LogP contribution in [0.2, 0.25) is 0 Å². The highest BCUT2D eigenvalue weighted by atomic mass is 16.3. The molecule has 22 heavy (non-hydrogen) atoms. The molecule has 5 heteroatoms. The molecule has 0 aliphatic heterocycles. The maximum absolute atomic E-state index is 12.0. The van der Waals surface area contributed by atoms with Gasteiger partial charge < -0.3 is 15.1 Å². The Morgan fingerprint density at radius 3 is 2.86 bits per heavy atom. The number of hydrogen-bond donors (Lipinski definition) is 2. The monoisotopic (exact) mass is 298 g/mol. The van der Waals surface area contributed by atoms with Crippen molar-refractivity contribution >= 4 is 11.8 Å². The van der Waals surface area contributed by atoms with Crippen LogP contribution in [-0.4, -0.2) is 18.4 Å². The molecule has 2 N–H and O–H groups in total. The molecule has 2 aromatic rings. The van der Waals surface area contributed by atoms with E-state index in [2.05, 4.69) is 22.8 Å². The van der Waals surface area contributed by atoms with Gasteiger partial charge in [0.15, 0.2) is 5.76 Å². The summed E-state index contributed by atoms with van der Waals surface area (Å²) in [7, 11) is 0. The van der Waals surface area contributed by atoms with Gasteiger partial charge in [-0.15, -0.1) is 0 Å². The highest BCUT2D eigenvalue weighted by Gasteiger charge is 2.21. The number of amides is 2. The highest BCUT2D eigenvalue weighted by Crippen LogP contribution is 2.29. The third kappa shape index (κ3) is 3.19. The molecule has 0 fully saturated rings. The lowest BCUT2D eigenvalue weighted by Gasteiger charge is -2.26. The standard InChI is InChI=1S/C17H18N2O3/c20-16(11-18-17(21)15-9-4-10-22-15)19-14-8-3-6-12-5-1-2-7-13(12)14/h1-2,4-5,7,9-10,14H,3,6,8,11H2,(H,18,21)(H,19,20)/t14-/m1/s1. The zero-order valence-corrected chi connectivity index (χ0v) is 12.2. The average molecular weight is 298 g/mol. The number of nitrogens with one attached hydrogen (secondary N) is 2. The smallest absolute Gasteiger partial charge is 0.287 e. The Balaban J connectivity index is 1.55. The van der Waals surface area contributed by atoms with Crippen LogP contribution in [0.1, 0.15) is 40.6 Å². The van der Waals surface area contributed by atoms with Gasteiger partial charge in [-0.2, -0.15) is 0 Å². The fraction of sp³-hybridized carbons (Fsp3) is 0.294. The van der Waals surface area contributed by atoms with Gasteiger partial charge in [-0.3, -0.25) is 9.59 Å². The molecule has 1 heterocycles. The van der Waals surface area contributed by atoms with Crippen LogP contribution < -0.4 is 10.6 Å². The van der Waals surface area contributed by atoms with Crippen LogP contribution in [0.15, 0.2) is 47.1 Å². The Kier molecular flexibility index (Phi) is 4.23. The first-order valence-electron chi connectivity index (χ1n) is 7.43. The van der Waals surface area contributed by atoms with Gasteiger partial charge in [0.05, 0.1) is 18.8 Å². The maximum Gasteiger partial charge on any atom is 0.287 e. The Labute approximate surface area is 128 Å². The second-order valence-corrected chi connectivity index (χ2v) is 5.37. The Bertz CT molecular complexity index is 664. The minimum absolute atomic E-state index is 0.0259. The molecule has 0 saturated carbocycles. The van der Waals surface area contributed by atoms with Gasteiger partial charge in [0.25, 0.3) is 5.91 Å². The van der Waals surface area contributed by atoms with E-state index in [1.807, 2.05) is 12.1 Å². The zero-order valence-electron chi connectivity index (χ0n) is 12.2. The molecule has 0 spiro atoms. The molecule has 3 rings (SSSR count). The molecule has 2 amide bonds. The summed E-state index contributed by atoms with van der Waals surface area (Å²) in [6.07, 6.45) is 4.46. The molecule has 114 valence electrons. The third-order valence-electron chi connectivity index (χ3n) is 3.86. The molecule has 0 unspecified atom stereocenters. The molecule has 0 bridgehead atoms. The lowest BCUT2D eigenvalue weighted by Crippen LogP contribution is -2.39. The molecule has 1 atom stereocenters. The molecule has 1 aliphatic rings. The summed E-state index contributed by atoms with van der Waals surface area (Å²) < 4.78 is 4.98. The van der Waals surface area contributed by atoms with Crippen molar-refractivity contribution < 1.29 is 14.0 Å². The number of carbonyl (C=O) groups is 2. The summed E-state index contributed by atoms with van der Waals surface area (Å²) in [4.78, 5) is 23.8. The first-order valence-corrected chi connectivity index (χ1v) is 7.43. The number of benzene rings is 1. The summed E-state index contributed by atoms with van der Waals surface area (Å²) in [5.74, 6) is -0.374. The van der Waals surface area contributed by atoms with Crippen LogP contribution in [0.4, 0.5) is 0 Å². The largest absolute Gasteiger partial charge is 0.459 e. The van der Waals surface area contributed by atoms with Crippen molar-refractivity contribution in [2.75, 3.05) is 6.54 Å². The van der Waals surface area contributed by atoms with Crippen molar-refractivity contribution in [3.8, 4) is 0 Å². The van der Waals surface area contributed by atoms with E-state index in [1.165, 1.54) is 17.4 Å². The van der Waals surface area contributed by atoms with Gasteiger partial charge in [-0.25, -0.2) is 0 Å². The Morgan fingerprint density at radius 1 is 1.18 bits per heavy atom. The van der Waals surface area contributed by atoms with E-state index >= 15 is 0 Å². The van der Waals surface area contributed by atoms with Gasteiger partial charge in [0.2, 0.25) is 5.91 Å². The fourth-order valence-corrected chi connectivity index (χ4v) is 2.80. The van der Waals surface area contributed by atoms with Gasteiger partial charge in [-0.05, 0) is 42.5 Å². The van der Waals surface area contributed by atoms with Crippen molar-refractivity contribution in [3.63, 3.8) is 0 Å². The van der Waals surface area contributed by atoms with Gasteiger partial charge >= 0.3 is 0 Å². The Morgan fingerprint density at radius 2 is 2.05 bits per heavy atom. The van der Waals surface area contributed by atoms with Crippen LogP contribution in [0.5, 0.6) is 0 Å². The zero-order chi connectivity index (χ0) is 15.4. The predicted octanol–water partition coefficient (Wildman–Crippen LogP) is 2.20.